The van der Waals surface area contributed by atoms with Crippen LogP contribution < -0.4 is 5.73 Å². The van der Waals surface area contributed by atoms with E-state index in [2.05, 4.69) is 18.7 Å². The second-order valence-corrected chi connectivity index (χ2v) is 5.21. The van der Waals surface area contributed by atoms with Crippen LogP contribution in [-0.2, 0) is 4.74 Å². The summed E-state index contributed by atoms with van der Waals surface area (Å²) in [5, 5.41) is 0. The summed E-state index contributed by atoms with van der Waals surface area (Å²) in [4.78, 5) is 2.37. The van der Waals surface area contributed by atoms with E-state index < -0.39 is 0 Å². The Kier molecular flexibility index (Phi) is 4.91. The first-order chi connectivity index (χ1) is 9.11. The lowest BCUT2D eigenvalue weighted by atomic mass is 9.99. The third kappa shape index (κ3) is 3.53. The smallest absolute Gasteiger partial charge is 0.123 e. The molecule has 1 aliphatic heterocycles. The lowest BCUT2D eigenvalue weighted by Crippen LogP contribution is -2.49. The highest BCUT2D eigenvalue weighted by Gasteiger charge is 2.27. The maximum absolute atomic E-state index is 12.9. The molecule has 0 aromatic heterocycles. The third-order valence-electron chi connectivity index (χ3n) is 3.98. The summed E-state index contributed by atoms with van der Waals surface area (Å²) in [6.07, 6.45) is 1.33. The van der Waals surface area contributed by atoms with Gasteiger partial charge in [0.2, 0.25) is 0 Å². The maximum Gasteiger partial charge on any atom is 0.123 e. The van der Waals surface area contributed by atoms with Crippen molar-refractivity contribution in [1.29, 1.82) is 0 Å². The first-order valence-electron chi connectivity index (χ1n) is 6.98. The van der Waals surface area contributed by atoms with E-state index >= 15 is 0 Å². The van der Waals surface area contributed by atoms with E-state index in [-0.39, 0.29) is 17.9 Å². The summed E-state index contributed by atoms with van der Waals surface area (Å²) in [6.45, 7) is 6.86. The zero-order chi connectivity index (χ0) is 13.8. The van der Waals surface area contributed by atoms with Gasteiger partial charge in [0.05, 0.1) is 12.7 Å². The third-order valence-corrected chi connectivity index (χ3v) is 3.98. The Morgan fingerprint density at radius 1 is 1.42 bits per heavy atom. The highest BCUT2D eigenvalue weighted by atomic mass is 19.1. The van der Waals surface area contributed by atoms with Crippen molar-refractivity contribution < 1.29 is 9.13 Å². The van der Waals surface area contributed by atoms with Crippen molar-refractivity contribution >= 4 is 0 Å². The first kappa shape index (κ1) is 14.4. The van der Waals surface area contributed by atoms with Gasteiger partial charge in [0.1, 0.15) is 5.82 Å². The predicted molar refractivity (Wildman–Crippen MR) is 74.4 cm³/mol. The van der Waals surface area contributed by atoms with Crippen LogP contribution in [0.25, 0.3) is 0 Å². The fourth-order valence-electron chi connectivity index (χ4n) is 2.55. The molecule has 4 heteroatoms. The van der Waals surface area contributed by atoms with Gasteiger partial charge in [0, 0.05) is 25.2 Å². The molecule has 1 heterocycles. The molecule has 0 spiro atoms. The molecule has 3 unspecified atom stereocenters. The summed E-state index contributed by atoms with van der Waals surface area (Å²) in [7, 11) is 0. The molecule has 1 aromatic rings. The molecule has 0 aliphatic carbocycles. The zero-order valence-electron chi connectivity index (χ0n) is 11.7. The standard InChI is InChI=1S/C15H23FN2O/c1-3-14-10-18(8-9-19-14)11(2)15(17)12-4-6-13(16)7-5-12/h4-7,11,14-15H,3,8-10,17H2,1-2H3. The molecule has 0 amide bonds. The van der Waals surface area contributed by atoms with Crippen LogP contribution in [0.2, 0.25) is 0 Å². The Bertz CT molecular complexity index is 396. The maximum atomic E-state index is 12.9. The summed E-state index contributed by atoms with van der Waals surface area (Å²) in [5.41, 5.74) is 7.28. The molecule has 19 heavy (non-hydrogen) atoms. The lowest BCUT2D eigenvalue weighted by Gasteiger charge is -2.39. The Balaban J connectivity index is 2.01. The second kappa shape index (κ2) is 6.46. The molecule has 0 saturated carbocycles. The Labute approximate surface area is 114 Å². The van der Waals surface area contributed by atoms with Crippen LogP contribution in [0.4, 0.5) is 4.39 Å². The molecule has 0 radical (unpaired) electrons. The largest absolute Gasteiger partial charge is 0.376 e. The molecule has 2 N–H and O–H groups in total. The molecule has 1 saturated heterocycles. The summed E-state index contributed by atoms with van der Waals surface area (Å²) >= 11 is 0. The van der Waals surface area contributed by atoms with Crippen LogP contribution in [0.5, 0.6) is 0 Å². The highest BCUT2D eigenvalue weighted by Crippen LogP contribution is 2.21. The molecule has 106 valence electrons. The fourth-order valence-corrected chi connectivity index (χ4v) is 2.55. The molecule has 2 rings (SSSR count). The number of nitrogens with zero attached hydrogens (tertiary/aromatic N) is 1. The van der Waals surface area contributed by atoms with E-state index in [1.807, 2.05) is 0 Å². The number of nitrogens with two attached hydrogens (primary N) is 1. The van der Waals surface area contributed by atoms with Gasteiger partial charge < -0.3 is 10.5 Å². The van der Waals surface area contributed by atoms with Crippen molar-refractivity contribution in [3.8, 4) is 0 Å². The highest BCUT2D eigenvalue weighted by molar-refractivity contribution is 5.21. The molecule has 3 nitrogen and oxygen atoms in total. The van der Waals surface area contributed by atoms with Gasteiger partial charge in [-0.15, -0.1) is 0 Å². The minimum atomic E-state index is -0.221. The predicted octanol–water partition coefficient (Wildman–Crippen LogP) is 2.32. The van der Waals surface area contributed by atoms with Crippen molar-refractivity contribution in [3.63, 3.8) is 0 Å². The van der Waals surface area contributed by atoms with Crippen molar-refractivity contribution in [1.82, 2.24) is 4.90 Å². The lowest BCUT2D eigenvalue weighted by molar-refractivity contribution is -0.0452. The van der Waals surface area contributed by atoms with Crippen LogP contribution in [-0.4, -0.2) is 36.7 Å². The number of benzene rings is 1. The van der Waals surface area contributed by atoms with Gasteiger partial charge in [-0.2, -0.15) is 0 Å². The topological polar surface area (TPSA) is 38.5 Å². The molecule has 1 aromatic carbocycles. The van der Waals surface area contributed by atoms with Gasteiger partial charge in [0.15, 0.2) is 0 Å². The van der Waals surface area contributed by atoms with Crippen molar-refractivity contribution in [3.05, 3.63) is 35.6 Å². The minimum Gasteiger partial charge on any atom is -0.376 e. The van der Waals surface area contributed by atoms with E-state index in [1.165, 1.54) is 12.1 Å². The number of hydrogen-bond donors (Lipinski definition) is 1. The normalized spacial score (nSPS) is 24.1. The van der Waals surface area contributed by atoms with Crippen LogP contribution in [0.3, 0.4) is 0 Å². The Morgan fingerprint density at radius 2 is 2.11 bits per heavy atom. The number of halogens is 1. The summed E-state index contributed by atoms with van der Waals surface area (Å²) in [5.74, 6) is -0.221. The monoisotopic (exact) mass is 266 g/mol. The van der Waals surface area contributed by atoms with Crippen LogP contribution in [0, 0.1) is 5.82 Å². The van der Waals surface area contributed by atoms with Crippen LogP contribution in [0.1, 0.15) is 31.9 Å². The summed E-state index contributed by atoms with van der Waals surface area (Å²) < 4.78 is 18.6. The van der Waals surface area contributed by atoms with Crippen molar-refractivity contribution in [2.45, 2.75) is 38.5 Å². The zero-order valence-corrected chi connectivity index (χ0v) is 11.7. The van der Waals surface area contributed by atoms with E-state index in [9.17, 15) is 4.39 Å². The Morgan fingerprint density at radius 3 is 2.74 bits per heavy atom. The van der Waals surface area contributed by atoms with Crippen LogP contribution >= 0.6 is 0 Å². The molecule has 1 fully saturated rings. The van der Waals surface area contributed by atoms with Crippen molar-refractivity contribution in [2.75, 3.05) is 19.7 Å². The van der Waals surface area contributed by atoms with Gasteiger partial charge >= 0.3 is 0 Å². The first-order valence-corrected chi connectivity index (χ1v) is 6.98. The number of rotatable bonds is 4. The average molecular weight is 266 g/mol. The van der Waals surface area contributed by atoms with Gasteiger partial charge in [-0.05, 0) is 31.0 Å². The van der Waals surface area contributed by atoms with E-state index in [0.717, 1.165) is 31.7 Å². The van der Waals surface area contributed by atoms with Crippen molar-refractivity contribution in [2.24, 2.45) is 5.73 Å². The van der Waals surface area contributed by atoms with Gasteiger partial charge in [-0.3, -0.25) is 4.90 Å². The number of hydrogen-bond acceptors (Lipinski definition) is 3. The van der Waals surface area contributed by atoms with E-state index in [1.54, 1.807) is 12.1 Å². The van der Waals surface area contributed by atoms with E-state index in [0.29, 0.717) is 6.10 Å². The quantitative estimate of drug-likeness (QED) is 0.909. The minimum absolute atomic E-state index is 0.101. The molecule has 0 bridgehead atoms. The fraction of sp³-hybridized carbons (Fsp3) is 0.600. The number of ether oxygens (including phenoxy) is 1. The molecular weight excluding hydrogens is 243 g/mol. The summed E-state index contributed by atoms with van der Waals surface area (Å²) in [6, 6.07) is 6.61. The molecule has 1 aliphatic rings. The SMILES string of the molecule is CCC1CN(C(C)C(N)c2ccc(F)cc2)CCO1. The van der Waals surface area contributed by atoms with Crippen LogP contribution in [0.15, 0.2) is 24.3 Å². The average Bonchev–Trinajstić information content (AvgIpc) is 2.46. The van der Waals surface area contributed by atoms with Gasteiger partial charge in [-0.1, -0.05) is 19.1 Å². The molecular formula is C15H23FN2O. The number of morpholine rings is 1. The molecule has 3 atom stereocenters. The Hall–Kier alpha value is -0.970. The van der Waals surface area contributed by atoms with Gasteiger partial charge in [-0.25, -0.2) is 4.39 Å². The van der Waals surface area contributed by atoms with Gasteiger partial charge in [0.25, 0.3) is 0 Å². The van der Waals surface area contributed by atoms with E-state index in [4.69, 9.17) is 10.5 Å². The second-order valence-electron chi connectivity index (χ2n) is 5.21.